The van der Waals surface area contributed by atoms with Crippen molar-refractivity contribution < 1.29 is 33.2 Å². The number of fused-ring (bicyclic) bond motifs is 2. The van der Waals surface area contributed by atoms with Gasteiger partial charge < -0.3 is 34.6 Å². The Balaban J connectivity index is 1.61. The standard InChI is InChI=1S/C33H39F2N5O5/c1-5-21-23(34)8-7-19-13-20(45-18-43-4)14-22(24(19)21)27-26(35)28-25(29(36-3)37-27)30(40-12-6-9-32(2,42)15-40)39-31(38-28)44-17-33(16-41)10-11-33/h7-8,13-14,41-42H,5-6,9-12,15-18H2,1-4H3,(H,36,37)/t32-/m1/s1. The first-order chi connectivity index (χ1) is 21.6. The maximum Gasteiger partial charge on any atom is 0.319 e. The number of hydrogen-bond donors (Lipinski definition) is 3. The molecule has 3 N–H and O–H groups in total. The summed E-state index contributed by atoms with van der Waals surface area (Å²) in [6.07, 6.45) is 3.33. The maximum atomic E-state index is 17.0. The molecule has 1 saturated heterocycles. The summed E-state index contributed by atoms with van der Waals surface area (Å²) < 4.78 is 49.1. The highest BCUT2D eigenvalue weighted by Gasteiger charge is 2.43. The van der Waals surface area contributed by atoms with Crippen molar-refractivity contribution in [1.29, 1.82) is 0 Å². The fraction of sp³-hybridized carbons (Fsp3) is 0.485. The van der Waals surface area contributed by atoms with Gasteiger partial charge in [-0.3, -0.25) is 0 Å². The van der Waals surface area contributed by atoms with Gasteiger partial charge in [0.15, 0.2) is 12.6 Å². The Kier molecular flexibility index (Phi) is 8.40. The van der Waals surface area contributed by atoms with Gasteiger partial charge in [-0.25, -0.2) is 13.8 Å². The van der Waals surface area contributed by atoms with Gasteiger partial charge in [0.05, 0.1) is 24.2 Å². The number of methoxy groups -OCH3 is 1. The highest BCUT2D eigenvalue weighted by atomic mass is 19.1. The lowest BCUT2D eigenvalue weighted by molar-refractivity contribution is 0.0447. The molecular formula is C33H39F2N5O5. The molecule has 1 aliphatic carbocycles. The summed E-state index contributed by atoms with van der Waals surface area (Å²) in [5, 5.41) is 25.4. The number of benzene rings is 2. The van der Waals surface area contributed by atoms with E-state index >= 15 is 8.78 Å². The number of halogens is 2. The Labute approximate surface area is 260 Å². The Morgan fingerprint density at radius 3 is 2.53 bits per heavy atom. The highest BCUT2D eigenvalue weighted by Crippen LogP contribution is 2.46. The zero-order chi connectivity index (χ0) is 31.9. The molecule has 2 aliphatic rings. The maximum absolute atomic E-state index is 17.0. The minimum atomic E-state index is -0.973. The van der Waals surface area contributed by atoms with E-state index in [1.54, 1.807) is 32.2 Å². The van der Waals surface area contributed by atoms with Gasteiger partial charge in [-0.05, 0) is 73.6 Å². The predicted octanol–water partition coefficient (Wildman–Crippen LogP) is 5.21. The molecule has 0 radical (unpaired) electrons. The van der Waals surface area contributed by atoms with Crippen molar-refractivity contribution in [3.63, 3.8) is 0 Å². The molecule has 4 aromatic rings. The van der Waals surface area contributed by atoms with Crippen molar-refractivity contribution in [1.82, 2.24) is 15.0 Å². The number of hydrogen-bond acceptors (Lipinski definition) is 10. The molecule has 2 aromatic heterocycles. The van der Waals surface area contributed by atoms with Crippen LogP contribution in [0, 0.1) is 17.0 Å². The van der Waals surface area contributed by atoms with Crippen LogP contribution in [0.2, 0.25) is 0 Å². The number of nitrogens with one attached hydrogen (secondary N) is 1. The van der Waals surface area contributed by atoms with Crippen LogP contribution in [0.5, 0.6) is 11.8 Å². The number of rotatable bonds is 11. The van der Waals surface area contributed by atoms with E-state index in [9.17, 15) is 10.2 Å². The smallest absolute Gasteiger partial charge is 0.319 e. The van der Waals surface area contributed by atoms with Gasteiger partial charge in [0, 0.05) is 38.2 Å². The normalized spacial score (nSPS) is 19.2. The molecule has 0 amide bonds. The molecule has 1 saturated carbocycles. The summed E-state index contributed by atoms with van der Waals surface area (Å²) >= 11 is 0. The predicted molar refractivity (Wildman–Crippen MR) is 168 cm³/mol. The van der Waals surface area contributed by atoms with Gasteiger partial charge in [0.2, 0.25) is 0 Å². The number of aliphatic hydroxyl groups excluding tert-OH is 1. The second kappa shape index (κ2) is 12.1. The van der Waals surface area contributed by atoms with Gasteiger partial charge in [-0.15, -0.1) is 0 Å². The van der Waals surface area contributed by atoms with Crippen LogP contribution in [0.15, 0.2) is 24.3 Å². The van der Waals surface area contributed by atoms with E-state index in [4.69, 9.17) is 24.2 Å². The van der Waals surface area contributed by atoms with Crippen LogP contribution in [0.3, 0.4) is 0 Å². The van der Waals surface area contributed by atoms with Crippen molar-refractivity contribution >= 4 is 33.3 Å². The molecule has 0 bridgehead atoms. The third-order valence-electron chi connectivity index (χ3n) is 8.85. The zero-order valence-electron chi connectivity index (χ0n) is 26.0. The zero-order valence-corrected chi connectivity index (χ0v) is 26.0. The van der Waals surface area contributed by atoms with Gasteiger partial charge in [-0.1, -0.05) is 13.0 Å². The summed E-state index contributed by atoms with van der Waals surface area (Å²) in [5.74, 6) is -0.0355. The first kappa shape index (κ1) is 31.1. The van der Waals surface area contributed by atoms with Crippen molar-refractivity contribution in [3.05, 3.63) is 41.5 Å². The quantitative estimate of drug-likeness (QED) is 0.192. The fourth-order valence-corrected chi connectivity index (χ4v) is 6.16. The summed E-state index contributed by atoms with van der Waals surface area (Å²) in [6.45, 7) is 4.59. The monoisotopic (exact) mass is 623 g/mol. The van der Waals surface area contributed by atoms with E-state index < -0.39 is 17.2 Å². The molecule has 2 fully saturated rings. The molecule has 240 valence electrons. The van der Waals surface area contributed by atoms with Crippen LogP contribution >= 0.6 is 0 Å². The van der Waals surface area contributed by atoms with Crippen LogP contribution < -0.4 is 19.7 Å². The van der Waals surface area contributed by atoms with Gasteiger partial charge >= 0.3 is 6.01 Å². The summed E-state index contributed by atoms with van der Waals surface area (Å²) in [4.78, 5) is 15.9. The molecular weight excluding hydrogens is 584 g/mol. The Bertz CT molecular complexity index is 1750. The Morgan fingerprint density at radius 1 is 1.07 bits per heavy atom. The minimum absolute atomic E-state index is 0.0281. The number of aliphatic hydroxyl groups is 2. The number of ether oxygens (including phenoxy) is 3. The van der Waals surface area contributed by atoms with E-state index in [-0.39, 0.29) is 49.2 Å². The number of β-amino-alcohol motifs (C(OH)–C–C–N with tert-alkyl or cyclic N) is 1. The Hall–Kier alpha value is -3.87. The van der Waals surface area contributed by atoms with Gasteiger partial charge in [0.25, 0.3) is 0 Å². The number of aromatic nitrogens is 3. The number of pyridine rings is 1. The molecule has 10 nitrogen and oxygen atoms in total. The number of aryl methyl sites for hydroxylation is 1. The highest BCUT2D eigenvalue weighted by molar-refractivity contribution is 6.05. The largest absolute Gasteiger partial charge is 0.468 e. The van der Waals surface area contributed by atoms with E-state index in [1.165, 1.54) is 13.2 Å². The fourth-order valence-electron chi connectivity index (χ4n) is 6.16. The molecule has 12 heteroatoms. The lowest BCUT2D eigenvalue weighted by Gasteiger charge is -2.38. The minimum Gasteiger partial charge on any atom is -0.468 e. The van der Waals surface area contributed by atoms with Crippen LogP contribution in [-0.4, -0.2) is 78.0 Å². The van der Waals surface area contributed by atoms with Crippen molar-refractivity contribution in [2.24, 2.45) is 5.41 Å². The molecule has 1 atom stereocenters. The number of anilines is 2. The molecule has 1 aliphatic heterocycles. The first-order valence-corrected chi connectivity index (χ1v) is 15.3. The second-order valence-corrected chi connectivity index (χ2v) is 12.4. The third-order valence-corrected chi connectivity index (χ3v) is 8.85. The average molecular weight is 624 g/mol. The summed E-state index contributed by atoms with van der Waals surface area (Å²) in [5.41, 5.74) is -0.640. The van der Waals surface area contributed by atoms with Crippen LogP contribution in [-0.2, 0) is 11.2 Å². The van der Waals surface area contributed by atoms with Gasteiger partial charge in [-0.2, -0.15) is 9.97 Å². The van der Waals surface area contributed by atoms with Gasteiger partial charge in [0.1, 0.15) is 34.4 Å². The SMILES string of the molecule is CCc1c(F)ccc2cc(OCOC)cc(-c3nc(NC)c4c(N5CCC[C@@](C)(O)C5)nc(OCC5(CO)CC5)nc4c3F)c12. The van der Waals surface area contributed by atoms with Crippen LogP contribution in [0.25, 0.3) is 32.9 Å². The Morgan fingerprint density at radius 2 is 1.87 bits per heavy atom. The van der Waals surface area contributed by atoms with Crippen LogP contribution in [0.4, 0.5) is 20.4 Å². The third kappa shape index (κ3) is 5.94. The lowest BCUT2D eigenvalue weighted by atomic mass is 9.94. The molecule has 2 aromatic carbocycles. The molecule has 45 heavy (non-hydrogen) atoms. The number of nitrogens with zero attached hydrogens (tertiary/aromatic N) is 4. The molecule has 0 spiro atoms. The summed E-state index contributed by atoms with van der Waals surface area (Å²) in [6, 6.07) is 6.38. The molecule has 6 rings (SSSR count). The van der Waals surface area contributed by atoms with E-state index in [0.29, 0.717) is 70.5 Å². The summed E-state index contributed by atoms with van der Waals surface area (Å²) in [7, 11) is 3.18. The van der Waals surface area contributed by atoms with Crippen molar-refractivity contribution in [3.8, 4) is 23.0 Å². The van der Waals surface area contributed by atoms with E-state index in [1.807, 2.05) is 11.8 Å². The average Bonchev–Trinajstić information content (AvgIpc) is 3.82. The van der Waals surface area contributed by atoms with Crippen molar-refractivity contribution in [2.75, 3.05) is 57.5 Å². The van der Waals surface area contributed by atoms with Crippen molar-refractivity contribution in [2.45, 2.75) is 51.6 Å². The van der Waals surface area contributed by atoms with E-state index in [0.717, 1.165) is 12.8 Å². The lowest BCUT2D eigenvalue weighted by Crippen LogP contribution is -2.46. The van der Waals surface area contributed by atoms with E-state index in [2.05, 4.69) is 10.3 Å². The second-order valence-electron chi connectivity index (χ2n) is 12.4. The molecule has 3 heterocycles. The van der Waals surface area contributed by atoms with Crippen LogP contribution in [0.1, 0.15) is 45.1 Å². The molecule has 0 unspecified atom stereocenters. The number of piperidine rings is 1. The topological polar surface area (TPSA) is 122 Å². The first-order valence-electron chi connectivity index (χ1n) is 15.3.